The molecule has 1 aromatic heterocycles. The molecule has 1 unspecified atom stereocenters. The molecule has 3 saturated heterocycles. The summed E-state index contributed by atoms with van der Waals surface area (Å²) in [6.45, 7) is 3.24. The van der Waals surface area contributed by atoms with Crippen molar-refractivity contribution in [3.8, 4) is 5.88 Å². The minimum absolute atomic E-state index is 0.159. The maximum Gasteiger partial charge on any atom is 0.258 e. The first-order valence-corrected chi connectivity index (χ1v) is 7.33. The Morgan fingerprint density at radius 2 is 2.19 bits per heavy atom. The number of ether oxygens (including phenoxy) is 1. The Morgan fingerprint density at radius 3 is 2.76 bits per heavy atom. The van der Waals surface area contributed by atoms with E-state index in [1.165, 1.54) is 13.3 Å². The molecule has 0 saturated carbocycles. The maximum absolute atomic E-state index is 12.5. The maximum atomic E-state index is 12.5. The summed E-state index contributed by atoms with van der Waals surface area (Å²) in [6.07, 6.45) is 3.84. The molecule has 4 rings (SSSR count). The molecule has 21 heavy (non-hydrogen) atoms. The summed E-state index contributed by atoms with van der Waals surface area (Å²) < 4.78 is 5.20. The first-order valence-electron chi connectivity index (χ1n) is 7.33. The van der Waals surface area contributed by atoms with Gasteiger partial charge in [0.15, 0.2) is 0 Å². The van der Waals surface area contributed by atoms with Crippen LogP contribution in [0.4, 0.5) is 5.95 Å². The van der Waals surface area contributed by atoms with Crippen molar-refractivity contribution in [1.29, 1.82) is 0 Å². The highest BCUT2D eigenvalue weighted by molar-refractivity contribution is 5.96. The number of carbonyl (C=O) groups excluding carboxylic acids is 1. The number of piperidine rings is 3. The van der Waals surface area contributed by atoms with Crippen molar-refractivity contribution < 1.29 is 9.53 Å². The van der Waals surface area contributed by atoms with E-state index in [2.05, 4.69) is 25.5 Å². The van der Waals surface area contributed by atoms with Gasteiger partial charge in [-0.1, -0.05) is 0 Å². The molecule has 0 radical (unpaired) electrons. The van der Waals surface area contributed by atoms with Crippen molar-refractivity contribution >= 4 is 11.9 Å². The number of methoxy groups -OCH3 is 1. The Hall–Kier alpha value is -1.89. The second-order valence-electron chi connectivity index (χ2n) is 5.58. The van der Waals surface area contributed by atoms with Gasteiger partial charge in [0.05, 0.1) is 7.11 Å². The average molecular weight is 291 g/mol. The monoisotopic (exact) mass is 291 g/mol. The molecule has 4 heterocycles. The van der Waals surface area contributed by atoms with Crippen LogP contribution < -0.4 is 15.4 Å². The second kappa shape index (κ2) is 5.85. The van der Waals surface area contributed by atoms with Gasteiger partial charge in [-0.3, -0.25) is 4.79 Å². The molecule has 0 aliphatic carbocycles. The first kappa shape index (κ1) is 14.1. The third-order valence-electron chi connectivity index (χ3n) is 4.39. The van der Waals surface area contributed by atoms with Crippen LogP contribution in [0.3, 0.4) is 0 Å². The zero-order chi connectivity index (χ0) is 14.8. The van der Waals surface area contributed by atoms with Crippen LogP contribution in [0.25, 0.3) is 0 Å². The largest absolute Gasteiger partial charge is 0.480 e. The normalized spacial score (nSPS) is 27.2. The van der Waals surface area contributed by atoms with E-state index in [1.807, 2.05) is 0 Å². The van der Waals surface area contributed by atoms with Crippen LogP contribution in [0.2, 0.25) is 0 Å². The molecular weight excluding hydrogens is 270 g/mol. The van der Waals surface area contributed by atoms with Crippen molar-refractivity contribution in [3.05, 3.63) is 11.8 Å². The van der Waals surface area contributed by atoms with Crippen molar-refractivity contribution in [1.82, 2.24) is 20.2 Å². The van der Waals surface area contributed by atoms with Gasteiger partial charge in [-0.2, -0.15) is 4.98 Å². The van der Waals surface area contributed by atoms with Gasteiger partial charge in [0, 0.05) is 25.8 Å². The Morgan fingerprint density at radius 1 is 1.43 bits per heavy atom. The van der Waals surface area contributed by atoms with E-state index < -0.39 is 0 Å². The molecule has 3 fully saturated rings. The standard InChI is InChI=1S/C14H21N5O2/c1-15-14-16-7-10(13(18-14)21-2)12(20)17-11-8-19-5-3-9(11)4-6-19/h7,9,11H,3-6,8H2,1-2H3,(H,17,20)(H,15,16,18). The number of aromatic nitrogens is 2. The zero-order valence-corrected chi connectivity index (χ0v) is 12.4. The van der Waals surface area contributed by atoms with Crippen LogP contribution >= 0.6 is 0 Å². The quantitative estimate of drug-likeness (QED) is 0.833. The molecule has 1 amide bonds. The van der Waals surface area contributed by atoms with Crippen LogP contribution in [-0.4, -0.2) is 60.6 Å². The highest BCUT2D eigenvalue weighted by atomic mass is 16.5. The number of hydrogen-bond acceptors (Lipinski definition) is 6. The summed E-state index contributed by atoms with van der Waals surface area (Å²) >= 11 is 0. The van der Waals surface area contributed by atoms with E-state index in [9.17, 15) is 4.79 Å². The Balaban J connectivity index is 1.73. The molecular formula is C14H21N5O2. The van der Waals surface area contributed by atoms with Gasteiger partial charge < -0.3 is 20.3 Å². The molecule has 1 aromatic rings. The van der Waals surface area contributed by atoms with Crippen LogP contribution in [0.5, 0.6) is 5.88 Å². The summed E-state index contributed by atoms with van der Waals surface area (Å²) in [5, 5.41) is 5.95. The molecule has 3 aliphatic rings. The third kappa shape index (κ3) is 2.78. The number of carbonyl (C=O) groups is 1. The first-order chi connectivity index (χ1) is 10.2. The molecule has 7 heteroatoms. The highest BCUT2D eigenvalue weighted by Gasteiger charge is 2.35. The van der Waals surface area contributed by atoms with Crippen molar-refractivity contribution in [3.63, 3.8) is 0 Å². The van der Waals surface area contributed by atoms with Crippen LogP contribution in [-0.2, 0) is 0 Å². The van der Waals surface area contributed by atoms with Crippen molar-refractivity contribution in [2.75, 3.05) is 39.1 Å². The lowest BCUT2D eigenvalue weighted by Crippen LogP contribution is -2.57. The lowest BCUT2D eigenvalue weighted by Gasteiger charge is -2.44. The fourth-order valence-corrected chi connectivity index (χ4v) is 3.17. The van der Waals surface area contributed by atoms with Gasteiger partial charge in [0.1, 0.15) is 5.56 Å². The molecule has 0 aromatic carbocycles. The fourth-order valence-electron chi connectivity index (χ4n) is 3.17. The number of nitrogens with zero attached hydrogens (tertiary/aromatic N) is 3. The van der Waals surface area contributed by atoms with Crippen LogP contribution in [0.1, 0.15) is 23.2 Å². The van der Waals surface area contributed by atoms with Gasteiger partial charge in [-0.25, -0.2) is 4.98 Å². The summed E-state index contributed by atoms with van der Waals surface area (Å²) in [5.74, 6) is 1.16. The van der Waals surface area contributed by atoms with Gasteiger partial charge in [0.25, 0.3) is 5.91 Å². The molecule has 1 atom stereocenters. The van der Waals surface area contributed by atoms with E-state index >= 15 is 0 Å². The van der Waals surface area contributed by atoms with Gasteiger partial charge in [-0.05, 0) is 31.8 Å². The smallest absolute Gasteiger partial charge is 0.258 e. The number of fused-ring (bicyclic) bond motifs is 3. The minimum Gasteiger partial charge on any atom is -0.480 e. The van der Waals surface area contributed by atoms with E-state index in [-0.39, 0.29) is 11.9 Å². The summed E-state index contributed by atoms with van der Waals surface area (Å²) in [7, 11) is 3.23. The Kier molecular flexibility index (Phi) is 3.92. The van der Waals surface area contributed by atoms with E-state index in [0.717, 1.165) is 32.5 Å². The minimum atomic E-state index is -0.159. The summed E-state index contributed by atoms with van der Waals surface area (Å²) in [4.78, 5) is 23.1. The van der Waals surface area contributed by atoms with E-state index in [0.29, 0.717) is 23.3 Å². The van der Waals surface area contributed by atoms with Crippen LogP contribution in [0, 0.1) is 5.92 Å². The molecule has 2 N–H and O–H groups in total. The Labute approximate surface area is 124 Å². The van der Waals surface area contributed by atoms with Crippen LogP contribution in [0.15, 0.2) is 6.20 Å². The molecule has 114 valence electrons. The van der Waals surface area contributed by atoms with Gasteiger partial charge in [-0.15, -0.1) is 0 Å². The van der Waals surface area contributed by atoms with Crippen molar-refractivity contribution in [2.24, 2.45) is 5.92 Å². The highest BCUT2D eigenvalue weighted by Crippen LogP contribution is 2.28. The van der Waals surface area contributed by atoms with Gasteiger partial charge in [0.2, 0.25) is 11.8 Å². The number of anilines is 1. The summed E-state index contributed by atoms with van der Waals surface area (Å²) in [5.41, 5.74) is 0.382. The number of nitrogens with one attached hydrogen (secondary N) is 2. The SMILES string of the molecule is CNc1ncc(C(=O)NC2CN3CCC2CC3)c(OC)n1. The molecule has 2 bridgehead atoms. The predicted molar refractivity (Wildman–Crippen MR) is 78.5 cm³/mol. The topological polar surface area (TPSA) is 79.4 Å². The second-order valence-corrected chi connectivity index (χ2v) is 5.58. The predicted octanol–water partition coefficient (Wildman–Crippen LogP) is 0.351. The molecule has 0 spiro atoms. The van der Waals surface area contributed by atoms with E-state index in [4.69, 9.17) is 4.74 Å². The lowest BCUT2D eigenvalue weighted by atomic mass is 9.84. The molecule has 7 nitrogen and oxygen atoms in total. The number of amides is 1. The number of hydrogen-bond donors (Lipinski definition) is 2. The molecule has 3 aliphatic heterocycles. The number of rotatable bonds is 4. The zero-order valence-electron chi connectivity index (χ0n) is 12.4. The summed E-state index contributed by atoms with van der Waals surface area (Å²) in [6, 6.07) is 0.216. The fraction of sp³-hybridized carbons (Fsp3) is 0.643. The van der Waals surface area contributed by atoms with E-state index in [1.54, 1.807) is 7.05 Å². The van der Waals surface area contributed by atoms with Crippen molar-refractivity contribution in [2.45, 2.75) is 18.9 Å². The van der Waals surface area contributed by atoms with Gasteiger partial charge >= 0.3 is 0 Å². The average Bonchev–Trinajstić information content (AvgIpc) is 2.55. The third-order valence-corrected chi connectivity index (χ3v) is 4.39. The lowest BCUT2D eigenvalue weighted by molar-refractivity contribution is 0.0618. The Bertz CT molecular complexity index is 528.